The summed E-state index contributed by atoms with van der Waals surface area (Å²) in [6, 6.07) is 8.01. The number of hydrogen-bond donors (Lipinski definition) is 3. The average molecular weight is 486 g/mol. The molecular formula is C24H23F3N5O3+. The minimum Gasteiger partial charge on any atom is -0.347 e. The van der Waals surface area contributed by atoms with E-state index in [0.717, 1.165) is 30.5 Å². The van der Waals surface area contributed by atoms with Crippen LogP contribution in [0.15, 0.2) is 36.4 Å². The number of amides is 3. The topological polar surface area (TPSA) is 98.7 Å². The molecule has 5 rings (SSSR count). The predicted octanol–water partition coefficient (Wildman–Crippen LogP) is 3.34. The van der Waals surface area contributed by atoms with Crippen molar-refractivity contribution >= 4 is 23.4 Å². The molecule has 1 saturated heterocycles. The summed E-state index contributed by atoms with van der Waals surface area (Å²) in [5.74, 6) is -1.32. The third kappa shape index (κ3) is 4.03. The van der Waals surface area contributed by atoms with Gasteiger partial charge in [-0.2, -0.15) is 13.2 Å². The normalized spacial score (nSPS) is 24.1. The van der Waals surface area contributed by atoms with Crippen LogP contribution in [-0.2, 0) is 21.2 Å². The highest BCUT2D eigenvalue weighted by Crippen LogP contribution is 2.47. The van der Waals surface area contributed by atoms with E-state index >= 15 is 0 Å². The molecule has 35 heavy (non-hydrogen) atoms. The van der Waals surface area contributed by atoms with Gasteiger partial charge in [-0.15, -0.1) is 0 Å². The van der Waals surface area contributed by atoms with Gasteiger partial charge in [-0.05, 0) is 36.1 Å². The largest absolute Gasteiger partial charge is 0.431 e. The Morgan fingerprint density at radius 3 is 2.63 bits per heavy atom. The number of anilines is 1. The molecule has 3 amide bonds. The lowest BCUT2D eigenvalue weighted by molar-refractivity contribution is -0.141. The first kappa shape index (κ1) is 23.0. The lowest BCUT2D eigenvalue weighted by Gasteiger charge is -2.25. The number of benzene rings is 1. The molecule has 1 aromatic carbocycles. The van der Waals surface area contributed by atoms with E-state index in [9.17, 15) is 27.6 Å². The number of nitrogens with zero attached hydrogens (tertiary/aromatic N) is 2. The molecule has 2 aromatic rings. The van der Waals surface area contributed by atoms with Crippen LogP contribution in [0.1, 0.15) is 47.4 Å². The number of H-pyrrole nitrogens is 1. The Labute approximate surface area is 198 Å². The highest BCUT2D eigenvalue weighted by atomic mass is 19.4. The summed E-state index contributed by atoms with van der Waals surface area (Å²) in [5.41, 5.74) is -0.954. The number of fused-ring (bicyclic) bond motifs is 2. The number of halogens is 3. The fraction of sp³-hybridized carbons (Fsp3) is 0.417. The highest BCUT2D eigenvalue weighted by molar-refractivity contribution is 6.07. The van der Waals surface area contributed by atoms with E-state index in [1.807, 2.05) is 12.1 Å². The van der Waals surface area contributed by atoms with E-state index in [1.54, 1.807) is 12.1 Å². The molecule has 2 fully saturated rings. The van der Waals surface area contributed by atoms with Gasteiger partial charge in [0.2, 0.25) is 5.91 Å². The zero-order valence-corrected chi connectivity index (χ0v) is 18.6. The summed E-state index contributed by atoms with van der Waals surface area (Å²) >= 11 is 0. The predicted molar refractivity (Wildman–Crippen MR) is 120 cm³/mol. The molecule has 0 radical (unpaired) electrons. The molecule has 11 heteroatoms. The molecule has 0 unspecified atom stereocenters. The molecule has 3 atom stereocenters. The Bertz CT molecular complexity index is 1250. The molecule has 1 aliphatic carbocycles. The maximum absolute atomic E-state index is 13.6. The molecule has 3 aliphatic rings. The number of nitrogens with one attached hydrogen (secondary N) is 3. The number of para-hydroxylation sites is 1. The Morgan fingerprint density at radius 1 is 1.23 bits per heavy atom. The molecule has 3 N–H and O–H groups in total. The van der Waals surface area contributed by atoms with E-state index in [0.29, 0.717) is 12.1 Å². The zero-order valence-electron chi connectivity index (χ0n) is 18.6. The van der Waals surface area contributed by atoms with Crippen LogP contribution in [-0.4, -0.2) is 46.4 Å². The van der Waals surface area contributed by atoms with Crippen molar-refractivity contribution in [2.75, 3.05) is 11.9 Å². The summed E-state index contributed by atoms with van der Waals surface area (Å²) in [4.78, 5) is 46.7. The molecule has 1 aromatic heterocycles. The summed E-state index contributed by atoms with van der Waals surface area (Å²) in [7, 11) is 0. The maximum Gasteiger partial charge on any atom is 0.431 e. The van der Waals surface area contributed by atoms with Gasteiger partial charge in [-0.1, -0.05) is 35.9 Å². The van der Waals surface area contributed by atoms with Crippen LogP contribution in [0.5, 0.6) is 0 Å². The standard InChI is InChI=1S/C24H22F3N5O3/c1-28-19-11-23(14-4-2-3-5-15(14)31-22(23)35)12-32(19)21(34)17(10-13-6-7-13)30-20(33)16-8-9-18(29-16)24(25,26)27/h1-5,8-9,13,17,19H,6-7,10-12H2,(H2-,29,30,31,33,35)/p+1/t17-,19-,23-/m0/s1. The maximum atomic E-state index is 13.6. The fourth-order valence-corrected chi connectivity index (χ4v) is 5.01. The van der Waals surface area contributed by atoms with Crippen molar-refractivity contribution in [3.05, 3.63) is 58.2 Å². The van der Waals surface area contributed by atoms with Gasteiger partial charge >= 0.3 is 12.3 Å². The quantitative estimate of drug-likeness (QED) is 0.605. The van der Waals surface area contributed by atoms with Gasteiger partial charge in [0.25, 0.3) is 18.4 Å². The molecular weight excluding hydrogens is 463 g/mol. The fourth-order valence-electron chi connectivity index (χ4n) is 5.01. The number of likely N-dealkylation sites (tertiary alicyclic amines) is 1. The van der Waals surface area contributed by atoms with Crippen molar-refractivity contribution in [3.63, 3.8) is 0 Å². The van der Waals surface area contributed by atoms with Crippen molar-refractivity contribution in [2.45, 2.75) is 49.5 Å². The highest BCUT2D eigenvalue weighted by Gasteiger charge is 2.60. The van der Waals surface area contributed by atoms with Gasteiger partial charge in [-0.25, -0.2) is 0 Å². The van der Waals surface area contributed by atoms with Gasteiger partial charge in [-0.3, -0.25) is 19.3 Å². The van der Waals surface area contributed by atoms with E-state index in [4.69, 9.17) is 6.57 Å². The average Bonchev–Trinajstić information content (AvgIpc) is 3.24. The van der Waals surface area contributed by atoms with Gasteiger partial charge in [0.05, 0.1) is 6.42 Å². The molecule has 3 heterocycles. The van der Waals surface area contributed by atoms with Crippen LogP contribution >= 0.6 is 0 Å². The van der Waals surface area contributed by atoms with Crippen LogP contribution in [0.4, 0.5) is 18.9 Å². The third-order valence-corrected chi connectivity index (χ3v) is 7.02. The van der Waals surface area contributed by atoms with Crippen molar-refractivity contribution in [1.82, 2.24) is 15.2 Å². The number of carbonyl (C=O) groups excluding carboxylic acids is 3. The zero-order chi connectivity index (χ0) is 25.0. The van der Waals surface area contributed by atoms with Crippen molar-refractivity contribution in [1.29, 1.82) is 0 Å². The summed E-state index contributed by atoms with van der Waals surface area (Å²) in [6.45, 7) is 5.65. The molecule has 8 nitrogen and oxygen atoms in total. The minimum atomic E-state index is -4.63. The summed E-state index contributed by atoms with van der Waals surface area (Å²) < 4.78 is 38.8. The van der Waals surface area contributed by atoms with Crippen LogP contribution in [0, 0.1) is 12.5 Å². The number of aromatic nitrogens is 1. The molecule has 1 spiro atoms. The molecule has 2 aliphatic heterocycles. The number of carbonyl (C=O) groups is 3. The van der Waals surface area contributed by atoms with Gasteiger partial charge in [0, 0.05) is 12.2 Å². The Balaban J connectivity index is 1.39. The molecule has 0 bridgehead atoms. The Morgan fingerprint density at radius 2 is 1.97 bits per heavy atom. The van der Waals surface area contributed by atoms with Gasteiger partial charge in [0.1, 0.15) is 22.8 Å². The van der Waals surface area contributed by atoms with E-state index in [1.165, 1.54) is 4.90 Å². The van der Waals surface area contributed by atoms with Crippen molar-refractivity contribution < 1.29 is 27.6 Å². The van der Waals surface area contributed by atoms with Crippen LogP contribution in [0.25, 0.3) is 4.85 Å². The summed E-state index contributed by atoms with van der Waals surface area (Å²) in [5, 5.41) is 5.44. The second-order valence-corrected chi connectivity index (χ2v) is 9.37. The lowest BCUT2D eigenvalue weighted by atomic mass is 9.80. The lowest BCUT2D eigenvalue weighted by Crippen LogP contribution is -2.51. The third-order valence-electron chi connectivity index (χ3n) is 7.02. The second kappa shape index (κ2) is 8.15. The number of alkyl halides is 3. The van der Waals surface area contributed by atoms with Crippen LogP contribution in [0.3, 0.4) is 0 Å². The summed E-state index contributed by atoms with van der Waals surface area (Å²) in [6.07, 6.45) is -3.11. The number of rotatable bonds is 5. The van der Waals surface area contributed by atoms with Crippen LogP contribution in [0.2, 0.25) is 0 Å². The monoisotopic (exact) mass is 486 g/mol. The van der Waals surface area contributed by atoms with Crippen molar-refractivity contribution in [2.24, 2.45) is 5.92 Å². The second-order valence-electron chi connectivity index (χ2n) is 9.37. The first-order valence-electron chi connectivity index (χ1n) is 11.3. The van der Waals surface area contributed by atoms with Crippen LogP contribution < -0.4 is 10.6 Å². The number of hydrogen-bond acceptors (Lipinski definition) is 3. The first-order chi connectivity index (χ1) is 16.6. The van der Waals surface area contributed by atoms with Gasteiger partial charge in [0.15, 0.2) is 0 Å². The van der Waals surface area contributed by atoms with Crippen molar-refractivity contribution in [3.8, 4) is 6.57 Å². The van der Waals surface area contributed by atoms with E-state index in [-0.39, 0.29) is 30.5 Å². The SMILES string of the molecule is C#[N+][C@@H]1C[C@@]2(CN1C(=O)[C@H](CC1CC1)NC(=O)c1ccc(C(F)(F)F)[nH]1)C(=O)Nc1ccccc12. The first-order valence-corrected chi connectivity index (χ1v) is 11.3. The van der Waals surface area contributed by atoms with E-state index < -0.39 is 41.3 Å². The molecule has 1 saturated carbocycles. The smallest absolute Gasteiger partial charge is 0.347 e. The number of aromatic amines is 1. The minimum absolute atomic E-state index is 0.0256. The van der Waals surface area contributed by atoms with Gasteiger partial charge < -0.3 is 15.6 Å². The molecule has 182 valence electrons. The Kier molecular flexibility index (Phi) is 5.34. The Hall–Kier alpha value is -3.81. The van der Waals surface area contributed by atoms with E-state index in [2.05, 4.69) is 20.5 Å².